The largest absolute Gasteiger partial charge is 0.497 e. The van der Waals surface area contributed by atoms with Gasteiger partial charge in [0.2, 0.25) is 11.8 Å². The molecule has 0 aliphatic carbocycles. The van der Waals surface area contributed by atoms with E-state index >= 15 is 0 Å². The van der Waals surface area contributed by atoms with Crippen LogP contribution in [-0.2, 0) is 9.59 Å². The quantitative estimate of drug-likeness (QED) is 0.706. The minimum atomic E-state index is -1.08. The molecule has 0 saturated carbocycles. The van der Waals surface area contributed by atoms with Gasteiger partial charge in [-0.05, 0) is 36.4 Å². The second kappa shape index (κ2) is 7.34. The monoisotopic (exact) mass is 398 g/mol. The molecule has 4 rings (SSSR count). The summed E-state index contributed by atoms with van der Waals surface area (Å²) in [6, 6.07) is 10.9. The van der Waals surface area contributed by atoms with Crippen LogP contribution in [0.2, 0.25) is 0 Å². The van der Waals surface area contributed by atoms with Crippen LogP contribution >= 0.6 is 0 Å². The third-order valence-electron chi connectivity index (χ3n) is 4.55. The Bertz CT molecular complexity index is 1100. The number of nitrogens with zero attached hydrogens (tertiary/aromatic N) is 2. The standard InChI is InChI=1S/C20H16F2N4O3/c1-29-13-5-2-11(3-6-13)16-9-18-24-19(27)10-17(26(18)25-16)20(28)23-12-4-7-14(21)15(22)8-12/h2-9,17H,10H2,1H3,(H,23,28)(H,24,27). The Hall–Kier alpha value is -3.75. The van der Waals surface area contributed by atoms with Crippen molar-refractivity contribution in [3.63, 3.8) is 0 Å². The molecular weight excluding hydrogens is 382 g/mol. The fourth-order valence-corrected chi connectivity index (χ4v) is 3.09. The topological polar surface area (TPSA) is 85.2 Å². The number of carbonyl (C=O) groups excluding carboxylic acids is 2. The van der Waals surface area contributed by atoms with Gasteiger partial charge in [-0.1, -0.05) is 0 Å². The molecule has 2 heterocycles. The van der Waals surface area contributed by atoms with E-state index in [4.69, 9.17) is 4.74 Å². The Morgan fingerprint density at radius 3 is 2.62 bits per heavy atom. The summed E-state index contributed by atoms with van der Waals surface area (Å²) in [5.74, 6) is -1.93. The number of nitrogens with one attached hydrogen (secondary N) is 2. The van der Waals surface area contributed by atoms with Crippen LogP contribution in [-0.4, -0.2) is 28.7 Å². The van der Waals surface area contributed by atoms with Gasteiger partial charge in [0.1, 0.15) is 17.6 Å². The minimum Gasteiger partial charge on any atom is -0.497 e. The molecule has 0 bridgehead atoms. The maximum absolute atomic E-state index is 13.4. The maximum atomic E-state index is 13.4. The molecule has 1 aliphatic heterocycles. The predicted molar refractivity (Wildman–Crippen MR) is 101 cm³/mol. The van der Waals surface area contributed by atoms with Crippen molar-refractivity contribution in [1.82, 2.24) is 9.78 Å². The summed E-state index contributed by atoms with van der Waals surface area (Å²) in [6.45, 7) is 0. The van der Waals surface area contributed by atoms with Crippen molar-refractivity contribution in [2.24, 2.45) is 0 Å². The molecule has 1 aromatic heterocycles. The molecule has 9 heteroatoms. The highest BCUT2D eigenvalue weighted by atomic mass is 19.2. The molecule has 29 heavy (non-hydrogen) atoms. The van der Waals surface area contributed by atoms with Crippen LogP contribution in [0.5, 0.6) is 5.75 Å². The molecule has 1 atom stereocenters. The second-order valence-electron chi connectivity index (χ2n) is 6.47. The normalized spacial score (nSPS) is 15.4. The van der Waals surface area contributed by atoms with E-state index in [0.29, 0.717) is 17.3 Å². The Kier molecular flexibility index (Phi) is 4.71. The SMILES string of the molecule is COc1ccc(-c2cc3n(n2)C(C(=O)Nc2ccc(F)c(F)c2)CC(=O)N3)cc1. The third-order valence-corrected chi connectivity index (χ3v) is 4.55. The average molecular weight is 398 g/mol. The van der Waals surface area contributed by atoms with Gasteiger partial charge in [0.25, 0.3) is 0 Å². The fourth-order valence-electron chi connectivity index (χ4n) is 3.09. The van der Waals surface area contributed by atoms with E-state index in [1.807, 2.05) is 12.1 Å². The van der Waals surface area contributed by atoms with Gasteiger partial charge in [0.15, 0.2) is 11.6 Å². The first-order valence-corrected chi connectivity index (χ1v) is 8.74. The van der Waals surface area contributed by atoms with E-state index in [-0.39, 0.29) is 18.0 Å². The summed E-state index contributed by atoms with van der Waals surface area (Å²) >= 11 is 0. The minimum absolute atomic E-state index is 0.0870. The molecule has 0 saturated heterocycles. The van der Waals surface area contributed by atoms with Crippen LogP contribution in [0, 0.1) is 11.6 Å². The number of hydrogen-bond donors (Lipinski definition) is 2. The number of halogens is 2. The van der Waals surface area contributed by atoms with Crippen molar-refractivity contribution < 1.29 is 23.1 Å². The van der Waals surface area contributed by atoms with Crippen LogP contribution in [0.25, 0.3) is 11.3 Å². The number of aromatic nitrogens is 2. The van der Waals surface area contributed by atoms with Crippen molar-refractivity contribution in [2.45, 2.75) is 12.5 Å². The lowest BCUT2D eigenvalue weighted by Gasteiger charge is -2.23. The molecule has 2 amide bonds. The summed E-state index contributed by atoms with van der Waals surface area (Å²) in [5, 5.41) is 9.64. The van der Waals surface area contributed by atoms with E-state index in [9.17, 15) is 18.4 Å². The lowest BCUT2D eigenvalue weighted by molar-refractivity contribution is -0.125. The summed E-state index contributed by atoms with van der Waals surface area (Å²) in [7, 11) is 1.57. The van der Waals surface area contributed by atoms with E-state index in [0.717, 1.165) is 17.7 Å². The first kappa shape index (κ1) is 18.6. The van der Waals surface area contributed by atoms with E-state index in [1.165, 1.54) is 10.7 Å². The number of ether oxygens (including phenoxy) is 1. The highest BCUT2D eigenvalue weighted by molar-refractivity contribution is 6.01. The third kappa shape index (κ3) is 3.66. The van der Waals surface area contributed by atoms with E-state index < -0.39 is 23.6 Å². The molecule has 7 nitrogen and oxygen atoms in total. The zero-order chi connectivity index (χ0) is 20.5. The van der Waals surface area contributed by atoms with Gasteiger partial charge in [0.05, 0.1) is 19.2 Å². The number of anilines is 2. The van der Waals surface area contributed by atoms with Crippen LogP contribution in [0.1, 0.15) is 12.5 Å². The molecule has 148 valence electrons. The first-order chi connectivity index (χ1) is 13.9. The van der Waals surface area contributed by atoms with Crippen molar-refractivity contribution in [2.75, 3.05) is 17.7 Å². The average Bonchev–Trinajstić information content (AvgIpc) is 3.14. The highest BCUT2D eigenvalue weighted by Gasteiger charge is 2.32. The number of hydrogen-bond acceptors (Lipinski definition) is 4. The number of methoxy groups -OCH3 is 1. The van der Waals surface area contributed by atoms with Crippen molar-refractivity contribution in [1.29, 1.82) is 0 Å². The summed E-state index contributed by atoms with van der Waals surface area (Å²) < 4.78 is 33.0. The maximum Gasteiger partial charge on any atom is 0.249 e. The van der Waals surface area contributed by atoms with Gasteiger partial charge in [0, 0.05) is 23.4 Å². The Morgan fingerprint density at radius 2 is 1.93 bits per heavy atom. The molecule has 2 aromatic carbocycles. The van der Waals surface area contributed by atoms with Crippen molar-refractivity contribution >= 4 is 23.3 Å². The molecule has 1 unspecified atom stereocenters. The van der Waals surface area contributed by atoms with Crippen molar-refractivity contribution in [3.05, 3.63) is 60.2 Å². The van der Waals surface area contributed by atoms with Gasteiger partial charge < -0.3 is 15.4 Å². The van der Waals surface area contributed by atoms with Crippen molar-refractivity contribution in [3.8, 4) is 17.0 Å². The van der Waals surface area contributed by atoms with Gasteiger partial charge in [-0.2, -0.15) is 5.10 Å². The second-order valence-corrected chi connectivity index (χ2v) is 6.47. The number of benzene rings is 2. The van der Waals surface area contributed by atoms with Gasteiger partial charge >= 0.3 is 0 Å². The van der Waals surface area contributed by atoms with E-state index in [2.05, 4.69) is 15.7 Å². The molecule has 0 radical (unpaired) electrons. The van der Waals surface area contributed by atoms with Crippen LogP contribution in [0.3, 0.4) is 0 Å². The van der Waals surface area contributed by atoms with Gasteiger partial charge in [-0.25, -0.2) is 13.5 Å². The van der Waals surface area contributed by atoms with Gasteiger partial charge in [-0.3, -0.25) is 9.59 Å². The summed E-state index contributed by atoms with van der Waals surface area (Å²) in [5.41, 5.74) is 1.43. The zero-order valence-electron chi connectivity index (χ0n) is 15.3. The van der Waals surface area contributed by atoms with Gasteiger partial charge in [-0.15, -0.1) is 0 Å². The summed E-state index contributed by atoms with van der Waals surface area (Å²) in [4.78, 5) is 24.8. The Morgan fingerprint density at radius 1 is 1.17 bits per heavy atom. The first-order valence-electron chi connectivity index (χ1n) is 8.74. The molecular formula is C20H16F2N4O3. The number of fused-ring (bicyclic) bond motifs is 1. The number of amides is 2. The fraction of sp³-hybridized carbons (Fsp3) is 0.150. The van der Waals surface area contributed by atoms with Crippen LogP contribution < -0.4 is 15.4 Å². The van der Waals surface area contributed by atoms with Crippen LogP contribution in [0.15, 0.2) is 48.5 Å². The molecule has 0 spiro atoms. The lowest BCUT2D eigenvalue weighted by atomic mass is 10.1. The highest BCUT2D eigenvalue weighted by Crippen LogP contribution is 2.31. The molecule has 3 aromatic rings. The van der Waals surface area contributed by atoms with E-state index in [1.54, 1.807) is 25.3 Å². The predicted octanol–water partition coefficient (Wildman–Crippen LogP) is 3.36. The number of carbonyl (C=O) groups is 2. The lowest BCUT2D eigenvalue weighted by Crippen LogP contribution is -2.35. The Balaban J connectivity index is 1.62. The zero-order valence-corrected chi connectivity index (χ0v) is 15.3. The smallest absolute Gasteiger partial charge is 0.249 e. The molecule has 2 N–H and O–H groups in total. The summed E-state index contributed by atoms with van der Waals surface area (Å²) in [6.07, 6.45) is -0.133. The van der Waals surface area contributed by atoms with Crippen LogP contribution in [0.4, 0.5) is 20.3 Å². The number of rotatable bonds is 4. The molecule has 1 aliphatic rings. The molecule has 0 fully saturated rings. The Labute approximate surface area is 164 Å².